The van der Waals surface area contributed by atoms with E-state index in [0.717, 1.165) is 11.3 Å². The Morgan fingerprint density at radius 3 is 2.47 bits per heavy atom. The first-order valence-electron chi connectivity index (χ1n) is 10.5. The van der Waals surface area contributed by atoms with Gasteiger partial charge in [0, 0.05) is 56.9 Å². The number of aryl methyl sites for hydroxylation is 1. The van der Waals surface area contributed by atoms with E-state index in [4.69, 9.17) is 0 Å². The Balaban J connectivity index is 1.26. The molecule has 0 atom stereocenters. The number of carbonyl (C=O) groups excluding carboxylic acids is 2. The van der Waals surface area contributed by atoms with Gasteiger partial charge in [-0.1, -0.05) is 0 Å². The van der Waals surface area contributed by atoms with Gasteiger partial charge in [-0.2, -0.15) is 0 Å². The van der Waals surface area contributed by atoms with Gasteiger partial charge in [-0.05, 0) is 54.4 Å². The average Bonchev–Trinajstić information content (AvgIpc) is 2.79. The number of nitrogens with one attached hydrogen (secondary N) is 2. The van der Waals surface area contributed by atoms with E-state index in [1.165, 1.54) is 18.2 Å². The molecule has 1 saturated heterocycles. The highest BCUT2D eigenvalue weighted by molar-refractivity contribution is 7.89. The second kappa shape index (κ2) is 9.25. The number of piperazine rings is 1. The molecule has 0 aliphatic carbocycles. The molecule has 2 amide bonds. The fourth-order valence-corrected chi connectivity index (χ4v) is 5.01. The van der Waals surface area contributed by atoms with Crippen molar-refractivity contribution in [3.63, 3.8) is 0 Å². The summed E-state index contributed by atoms with van der Waals surface area (Å²) in [4.78, 5) is 27.9. The molecule has 2 aromatic carbocycles. The Kier molecular flexibility index (Phi) is 6.43. The van der Waals surface area contributed by atoms with Gasteiger partial charge in [-0.3, -0.25) is 9.59 Å². The molecule has 32 heavy (non-hydrogen) atoms. The highest BCUT2D eigenvalue weighted by Crippen LogP contribution is 2.25. The summed E-state index contributed by atoms with van der Waals surface area (Å²) in [5, 5.41) is 2.72. The van der Waals surface area contributed by atoms with Crippen LogP contribution in [0.4, 0.5) is 15.8 Å². The maximum Gasteiger partial charge on any atom is 0.240 e. The predicted molar refractivity (Wildman–Crippen MR) is 118 cm³/mol. The minimum atomic E-state index is -3.75. The minimum absolute atomic E-state index is 0.00711. The van der Waals surface area contributed by atoms with Crippen LogP contribution < -0.4 is 14.9 Å². The zero-order valence-corrected chi connectivity index (χ0v) is 18.3. The van der Waals surface area contributed by atoms with Crippen LogP contribution in [0.25, 0.3) is 0 Å². The van der Waals surface area contributed by atoms with Crippen molar-refractivity contribution < 1.29 is 22.4 Å². The van der Waals surface area contributed by atoms with Crippen molar-refractivity contribution in [2.75, 3.05) is 42.9 Å². The summed E-state index contributed by atoms with van der Waals surface area (Å²) < 4.78 is 40.8. The van der Waals surface area contributed by atoms with E-state index in [1.54, 1.807) is 29.2 Å². The quantitative estimate of drug-likeness (QED) is 0.684. The number of hydrogen-bond donors (Lipinski definition) is 2. The molecule has 2 aromatic rings. The number of rotatable bonds is 6. The zero-order chi connectivity index (χ0) is 22.7. The fourth-order valence-electron chi connectivity index (χ4n) is 3.93. The normalized spacial score (nSPS) is 16.5. The number of fused-ring (bicyclic) bond motifs is 1. The van der Waals surface area contributed by atoms with E-state index >= 15 is 0 Å². The standard InChI is InChI=1S/C22H25FN4O4S/c23-17-2-4-18(5-3-17)26-11-13-27(14-12-26)22(29)9-10-24-32(30,31)19-6-7-20-16(15-19)1-8-21(28)25-20/h2-7,15,24H,1,8-14H2,(H,25,28). The summed E-state index contributed by atoms with van der Waals surface area (Å²) in [6.45, 7) is 2.33. The van der Waals surface area contributed by atoms with E-state index in [-0.39, 0.29) is 35.5 Å². The van der Waals surface area contributed by atoms with Crippen LogP contribution in [-0.4, -0.2) is 57.9 Å². The first-order chi connectivity index (χ1) is 15.3. The number of anilines is 2. The highest BCUT2D eigenvalue weighted by atomic mass is 32.2. The Morgan fingerprint density at radius 2 is 1.75 bits per heavy atom. The molecule has 170 valence electrons. The maximum atomic E-state index is 13.1. The molecule has 0 saturated carbocycles. The Morgan fingerprint density at radius 1 is 1.03 bits per heavy atom. The third-order valence-electron chi connectivity index (χ3n) is 5.74. The second-order valence-electron chi connectivity index (χ2n) is 7.86. The summed E-state index contributed by atoms with van der Waals surface area (Å²) in [6, 6.07) is 10.9. The van der Waals surface area contributed by atoms with Crippen LogP contribution >= 0.6 is 0 Å². The average molecular weight is 461 g/mol. The van der Waals surface area contributed by atoms with Gasteiger partial charge in [-0.25, -0.2) is 17.5 Å². The number of sulfonamides is 1. The van der Waals surface area contributed by atoms with Gasteiger partial charge in [0.05, 0.1) is 4.90 Å². The summed E-state index contributed by atoms with van der Waals surface area (Å²) in [5.74, 6) is -0.477. The van der Waals surface area contributed by atoms with Crippen LogP contribution in [0.15, 0.2) is 47.4 Å². The van der Waals surface area contributed by atoms with Crippen molar-refractivity contribution in [3.8, 4) is 0 Å². The lowest BCUT2D eigenvalue weighted by atomic mass is 10.0. The highest BCUT2D eigenvalue weighted by Gasteiger charge is 2.23. The lowest BCUT2D eigenvalue weighted by Gasteiger charge is -2.36. The van der Waals surface area contributed by atoms with E-state index in [2.05, 4.69) is 14.9 Å². The molecule has 4 rings (SSSR count). The molecule has 0 radical (unpaired) electrons. The first-order valence-corrected chi connectivity index (χ1v) is 12.0. The fraction of sp³-hybridized carbons (Fsp3) is 0.364. The van der Waals surface area contributed by atoms with Crippen molar-refractivity contribution in [2.45, 2.75) is 24.2 Å². The van der Waals surface area contributed by atoms with E-state index in [0.29, 0.717) is 44.7 Å². The zero-order valence-electron chi connectivity index (χ0n) is 17.5. The van der Waals surface area contributed by atoms with Crippen LogP contribution in [-0.2, 0) is 26.0 Å². The molecule has 1 fully saturated rings. The number of halogens is 1. The van der Waals surface area contributed by atoms with E-state index < -0.39 is 10.0 Å². The van der Waals surface area contributed by atoms with Crippen LogP contribution in [0.3, 0.4) is 0 Å². The number of hydrogen-bond acceptors (Lipinski definition) is 5. The third-order valence-corrected chi connectivity index (χ3v) is 7.20. The largest absolute Gasteiger partial charge is 0.368 e. The molecular weight excluding hydrogens is 435 g/mol. The van der Waals surface area contributed by atoms with Crippen molar-refractivity contribution in [2.24, 2.45) is 0 Å². The van der Waals surface area contributed by atoms with Crippen molar-refractivity contribution in [1.82, 2.24) is 9.62 Å². The second-order valence-corrected chi connectivity index (χ2v) is 9.63. The van der Waals surface area contributed by atoms with Crippen molar-refractivity contribution in [1.29, 1.82) is 0 Å². The van der Waals surface area contributed by atoms with E-state index in [1.807, 2.05) is 0 Å². The molecule has 0 bridgehead atoms. The van der Waals surface area contributed by atoms with Gasteiger partial charge in [0.15, 0.2) is 0 Å². The molecule has 2 N–H and O–H groups in total. The first kappa shape index (κ1) is 22.2. The molecule has 0 unspecified atom stereocenters. The molecular formula is C22H25FN4O4S. The summed E-state index contributed by atoms with van der Waals surface area (Å²) in [5.41, 5.74) is 2.33. The SMILES string of the molecule is O=C1CCc2cc(S(=O)(=O)NCCC(=O)N3CCN(c4ccc(F)cc4)CC3)ccc2N1. The lowest BCUT2D eigenvalue weighted by Crippen LogP contribution is -2.49. The number of carbonyl (C=O) groups is 2. The van der Waals surface area contributed by atoms with Gasteiger partial charge in [-0.15, -0.1) is 0 Å². The molecule has 2 aliphatic heterocycles. The minimum Gasteiger partial charge on any atom is -0.368 e. The molecule has 0 aromatic heterocycles. The Labute approximate surface area is 186 Å². The van der Waals surface area contributed by atoms with E-state index in [9.17, 15) is 22.4 Å². The molecule has 8 nitrogen and oxygen atoms in total. The predicted octanol–water partition coefficient (Wildman–Crippen LogP) is 1.73. The summed E-state index contributed by atoms with van der Waals surface area (Å²) in [6.07, 6.45) is 0.885. The summed E-state index contributed by atoms with van der Waals surface area (Å²) in [7, 11) is -3.75. The van der Waals surface area contributed by atoms with Crippen LogP contribution in [0, 0.1) is 5.82 Å². The topological polar surface area (TPSA) is 98.8 Å². The lowest BCUT2D eigenvalue weighted by molar-refractivity contribution is -0.131. The number of nitrogens with zero attached hydrogens (tertiary/aromatic N) is 2. The molecule has 10 heteroatoms. The maximum absolute atomic E-state index is 13.1. The van der Waals surface area contributed by atoms with Gasteiger partial charge < -0.3 is 15.1 Å². The number of benzene rings is 2. The van der Waals surface area contributed by atoms with Crippen LogP contribution in [0.5, 0.6) is 0 Å². The third kappa shape index (κ3) is 5.08. The van der Waals surface area contributed by atoms with Crippen LogP contribution in [0.1, 0.15) is 18.4 Å². The van der Waals surface area contributed by atoms with Crippen molar-refractivity contribution >= 4 is 33.2 Å². The van der Waals surface area contributed by atoms with Gasteiger partial charge in [0.25, 0.3) is 0 Å². The Bertz CT molecular complexity index is 1110. The van der Waals surface area contributed by atoms with Crippen LogP contribution in [0.2, 0.25) is 0 Å². The molecule has 0 spiro atoms. The smallest absolute Gasteiger partial charge is 0.240 e. The van der Waals surface area contributed by atoms with Gasteiger partial charge in [0.1, 0.15) is 5.82 Å². The Hall–Kier alpha value is -2.98. The molecule has 2 heterocycles. The monoisotopic (exact) mass is 460 g/mol. The molecule has 2 aliphatic rings. The van der Waals surface area contributed by atoms with Crippen molar-refractivity contribution in [3.05, 3.63) is 53.8 Å². The van der Waals surface area contributed by atoms with Gasteiger partial charge >= 0.3 is 0 Å². The number of amides is 2. The summed E-state index contributed by atoms with van der Waals surface area (Å²) >= 11 is 0. The van der Waals surface area contributed by atoms with Gasteiger partial charge in [0.2, 0.25) is 21.8 Å².